The number of benzene rings is 2. The predicted octanol–water partition coefficient (Wildman–Crippen LogP) is 3.66. The molecule has 0 spiro atoms. The zero-order chi connectivity index (χ0) is 13.8. The molecule has 1 N–H and O–H groups in total. The molecule has 0 aliphatic heterocycles. The van der Waals surface area contributed by atoms with Crippen LogP contribution in [-0.2, 0) is 6.42 Å². The van der Waals surface area contributed by atoms with E-state index in [-0.39, 0.29) is 0 Å². The Labute approximate surface area is 117 Å². The van der Waals surface area contributed by atoms with Crippen molar-refractivity contribution in [2.75, 3.05) is 0 Å². The van der Waals surface area contributed by atoms with Gasteiger partial charge in [0, 0.05) is 11.8 Å². The van der Waals surface area contributed by atoms with Gasteiger partial charge in [-0.05, 0) is 17.7 Å². The second kappa shape index (κ2) is 5.53. The van der Waals surface area contributed by atoms with Crippen molar-refractivity contribution in [3.63, 3.8) is 0 Å². The lowest BCUT2D eigenvalue weighted by molar-refractivity contribution is 0.318. The number of oxime groups is 1. The molecule has 0 fully saturated rings. The fourth-order valence-electron chi connectivity index (χ4n) is 2.19. The number of para-hydroxylation sites is 1. The molecule has 98 valence electrons. The minimum absolute atomic E-state index is 0.558. The molecule has 0 aliphatic rings. The summed E-state index contributed by atoms with van der Waals surface area (Å²) in [5.41, 5.74) is 3.27. The van der Waals surface area contributed by atoms with Gasteiger partial charge in [0.05, 0.1) is 11.2 Å². The summed E-state index contributed by atoms with van der Waals surface area (Å²) >= 11 is 0. The molecule has 0 saturated heterocycles. The molecule has 0 saturated carbocycles. The summed E-state index contributed by atoms with van der Waals surface area (Å²) in [6, 6.07) is 21.7. The number of hydrogen-bond acceptors (Lipinski definition) is 3. The molecule has 3 rings (SSSR count). The molecular weight excluding hydrogens is 248 g/mol. The highest BCUT2D eigenvalue weighted by Crippen LogP contribution is 2.14. The zero-order valence-corrected chi connectivity index (χ0v) is 10.9. The van der Waals surface area contributed by atoms with Gasteiger partial charge in [-0.2, -0.15) is 0 Å². The molecule has 0 atom stereocenters. The first-order valence-corrected chi connectivity index (χ1v) is 6.48. The van der Waals surface area contributed by atoms with Gasteiger partial charge in [-0.1, -0.05) is 59.8 Å². The van der Waals surface area contributed by atoms with Crippen LogP contribution >= 0.6 is 0 Å². The summed E-state index contributed by atoms with van der Waals surface area (Å²) < 4.78 is 0. The number of fused-ring (bicyclic) bond motifs is 1. The third kappa shape index (κ3) is 2.52. The monoisotopic (exact) mass is 262 g/mol. The summed E-state index contributed by atoms with van der Waals surface area (Å²) in [4.78, 5) is 4.55. The largest absolute Gasteiger partial charge is 0.411 e. The van der Waals surface area contributed by atoms with Crippen LogP contribution in [0, 0.1) is 0 Å². The van der Waals surface area contributed by atoms with Crippen LogP contribution in [0.25, 0.3) is 10.9 Å². The Morgan fingerprint density at radius 3 is 2.45 bits per heavy atom. The van der Waals surface area contributed by atoms with E-state index in [1.807, 2.05) is 66.7 Å². The highest BCUT2D eigenvalue weighted by Gasteiger charge is 2.08. The van der Waals surface area contributed by atoms with Gasteiger partial charge in [0.25, 0.3) is 0 Å². The lowest BCUT2D eigenvalue weighted by Gasteiger charge is -2.05. The second-order valence-corrected chi connectivity index (χ2v) is 4.60. The number of aromatic nitrogens is 1. The van der Waals surface area contributed by atoms with Crippen LogP contribution in [0.4, 0.5) is 0 Å². The van der Waals surface area contributed by atoms with Gasteiger partial charge in [0.2, 0.25) is 0 Å². The number of hydrogen-bond donors (Lipinski definition) is 1. The van der Waals surface area contributed by atoms with Crippen LogP contribution in [0.3, 0.4) is 0 Å². The Morgan fingerprint density at radius 2 is 1.65 bits per heavy atom. The molecule has 3 aromatic rings. The van der Waals surface area contributed by atoms with Gasteiger partial charge < -0.3 is 5.21 Å². The van der Waals surface area contributed by atoms with E-state index in [0.29, 0.717) is 17.8 Å². The zero-order valence-electron chi connectivity index (χ0n) is 10.9. The minimum Gasteiger partial charge on any atom is -0.411 e. The molecule has 0 aliphatic carbocycles. The van der Waals surface area contributed by atoms with E-state index in [4.69, 9.17) is 0 Å². The average molecular weight is 262 g/mol. The second-order valence-electron chi connectivity index (χ2n) is 4.60. The van der Waals surface area contributed by atoms with E-state index >= 15 is 0 Å². The SMILES string of the molecule is O/N=C(/Cc1ccccc1)c1ccc2ccccc2n1. The summed E-state index contributed by atoms with van der Waals surface area (Å²) in [6.45, 7) is 0. The van der Waals surface area contributed by atoms with Crippen molar-refractivity contribution in [3.8, 4) is 0 Å². The van der Waals surface area contributed by atoms with Crippen LogP contribution in [0.15, 0.2) is 71.9 Å². The van der Waals surface area contributed by atoms with Gasteiger partial charge in [0.15, 0.2) is 0 Å². The Kier molecular flexibility index (Phi) is 3.42. The highest BCUT2D eigenvalue weighted by atomic mass is 16.4. The first kappa shape index (κ1) is 12.4. The molecule has 1 aromatic heterocycles. The van der Waals surface area contributed by atoms with Crippen molar-refractivity contribution in [3.05, 3.63) is 78.0 Å². The highest BCUT2D eigenvalue weighted by molar-refractivity contribution is 6.01. The lowest BCUT2D eigenvalue weighted by Crippen LogP contribution is -2.07. The van der Waals surface area contributed by atoms with Crippen molar-refractivity contribution >= 4 is 16.6 Å². The molecule has 2 aromatic carbocycles. The standard InChI is InChI=1S/C17H14N2O/c20-19-17(12-13-6-2-1-3-7-13)16-11-10-14-8-4-5-9-15(14)18-16/h1-11,20H,12H2/b19-17-. The maximum Gasteiger partial charge on any atom is 0.109 e. The van der Waals surface area contributed by atoms with Gasteiger partial charge in [0.1, 0.15) is 5.71 Å². The third-order valence-electron chi connectivity index (χ3n) is 3.23. The molecule has 3 heteroatoms. The fraction of sp³-hybridized carbons (Fsp3) is 0.0588. The van der Waals surface area contributed by atoms with E-state index in [1.54, 1.807) is 0 Å². The van der Waals surface area contributed by atoms with Crippen LogP contribution in [0.2, 0.25) is 0 Å². The Morgan fingerprint density at radius 1 is 0.900 bits per heavy atom. The van der Waals surface area contributed by atoms with Crippen molar-refractivity contribution < 1.29 is 5.21 Å². The van der Waals surface area contributed by atoms with E-state index in [9.17, 15) is 5.21 Å². The normalized spacial score (nSPS) is 11.7. The smallest absolute Gasteiger partial charge is 0.109 e. The summed E-state index contributed by atoms with van der Waals surface area (Å²) in [5, 5.41) is 13.8. The van der Waals surface area contributed by atoms with Gasteiger partial charge in [-0.3, -0.25) is 0 Å². The van der Waals surface area contributed by atoms with Crippen molar-refractivity contribution in [2.24, 2.45) is 5.16 Å². The Balaban J connectivity index is 1.95. The van der Waals surface area contributed by atoms with Crippen molar-refractivity contribution in [1.82, 2.24) is 4.98 Å². The van der Waals surface area contributed by atoms with E-state index in [0.717, 1.165) is 16.5 Å². The molecule has 1 heterocycles. The first-order chi connectivity index (χ1) is 9.86. The molecule has 0 bridgehead atoms. The van der Waals surface area contributed by atoms with E-state index in [1.165, 1.54) is 0 Å². The van der Waals surface area contributed by atoms with Crippen LogP contribution in [-0.4, -0.2) is 15.9 Å². The minimum atomic E-state index is 0.558. The van der Waals surface area contributed by atoms with E-state index in [2.05, 4.69) is 10.1 Å². The van der Waals surface area contributed by atoms with E-state index < -0.39 is 0 Å². The summed E-state index contributed by atoms with van der Waals surface area (Å²) in [6.07, 6.45) is 0.558. The topological polar surface area (TPSA) is 45.5 Å². The van der Waals surface area contributed by atoms with Gasteiger partial charge in [-0.15, -0.1) is 0 Å². The maximum atomic E-state index is 9.26. The quantitative estimate of drug-likeness (QED) is 0.445. The molecule has 3 nitrogen and oxygen atoms in total. The van der Waals surface area contributed by atoms with Crippen LogP contribution in [0.5, 0.6) is 0 Å². The molecule has 0 unspecified atom stereocenters. The van der Waals surface area contributed by atoms with Crippen LogP contribution < -0.4 is 0 Å². The van der Waals surface area contributed by atoms with Gasteiger partial charge in [-0.25, -0.2) is 4.98 Å². The molecule has 20 heavy (non-hydrogen) atoms. The Bertz CT molecular complexity index is 751. The number of nitrogens with zero attached hydrogens (tertiary/aromatic N) is 2. The summed E-state index contributed by atoms with van der Waals surface area (Å²) in [7, 11) is 0. The number of pyridine rings is 1. The fourth-order valence-corrected chi connectivity index (χ4v) is 2.19. The lowest BCUT2D eigenvalue weighted by atomic mass is 10.1. The Hall–Kier alpha value is -2.68. The summed E-state index contributed by atoms with van der Waals surface area (Å²) in [5.74, 6) is 0. The maximum absolute atomic E-state index is 9.26. The third-order valence-corrected chi connectivity index (χ3v) is 3.23. The number of rotatable bonds is 3. The molecule has 0 radical (unpaired) electrons. The first-order valence-electron chi connectivity index (χ1n) is 6.48. The average Bonchev–Trinajstić information content (AvgIpc) is 2.53. The molecule has 0 amide bonds. The van der Waals surface area contributed by atoms with Crippen molar-refractivity contribution in [1.29, 1.82) is 0 Å². The molecular formula is C17H14N2O. The van der Waals surface area contributed by atoms with Crippen molar-refractivity contribution in [2.45, 2.75) is 6.42 Å². The predicted molar refractivity (Wildman–Crippen MR) is 80.2 cm³/mol. The van der Waals surface area contributed by atoms with Gasteiger partial charge >= 0.3 is 0 Å². The van der Waals surface area contributed by atoms with Crippen LogP contribution in [0.1, 0.15) is 11.3 Å².